The Hall–Kier alpha value is -3.59. The van der Waals surface area contributed by atoms with Crippen molar-refractivity contribution < 1.29 is 14.8 Å². The zero-order chi connectivity index (χ0) is 23.2. The fraction of sp³-hybridized carbons (Fsp3) is 0.292. The zero-order valence-corrected chi connectivity index (χ0v) is 18.8. The number of hydrogen-bond donors (Lipinski definition) is 2. The van der Waals surface area contributed by atoms with E-state index in [-0.39, 0.29) is 23.4 Å². The SMILES string of the molecule is O=C(O)C(Cc1ccccc1[N+](=O)[O-])=NNc1nc(-c2ccc(C3CCCCC3)cc2)cs1. The van der Waals surface area contributed by atoms with Crippen LogP contribution in [-0.2, 0) is 11.2 Å². The van der Waals surface area contributed by atoms with Crippen molar-refractivity contribution in [2.45, 2.75) is 44.4 Å². The number of para-hydroxylation sites is 1. The van der Waals surface area contributed by atoms with Crippen molar-refractivity contribution in [2.75, 3.05) is 5.43 Å². The molecule has 2 aromatic carbocycles. The molecule has 1 aromatic heterocycles. The van der Waals surface area contributed by atoms with E-state index < -0.39 is 10.9 Å². The van der Waals surface area contributed by atoms with Gasteiger partial charge >= 0.3 is 5.97 Å². The van der Waals surface area contributed by atoms with Crippen LogP contribution in [-0.4, -0.2) is 26.7 Å². The van der Waals surface area contributed by atoms with Crippen molar-refractivity contribution in [3.63, 3.8) is 0 Å². The van der Waals surface area contributed by atoms with E-state index in [4.69, 9.17) is 0 Å². The summed E-state index contributed by atoms with van der Waals surface area (Å²) >= 11 is 1.31. The summed E-state index contributed by atoms with van der Waals surface area (Å²) in [6.07, 6.45) is 6.24. The molecule has 1 heterocycles. The summed E-state index contributed by atoms with van der Waals surface area (Å²) < 4.78 is 0. The standard InChI is InChI=1S/C24H24N4O4S/c29-23(30)20(14-19-8-4-5-9-22(19)28(31)32)26-27-24-25-21(15-33-24)18-12-10-17(11-13-18)16-6-2-1-3-7-16/h4-5,8-13,15-16H,1-3,6-7,14H2,(H,25,27)(H,29,30). The van der Waals surface area contributed by atoms with Gasteiger partial charge in [-0.2, -0.15) is 5.10 Å². The maximum absolute atomic E-state index is 11.6. The van der Waals surface area contributed by atoms with Crippen LogP contribution in [0.3, 0.4) is 0 Å². The average Bonchev–Trinajstić information content (AvgIpc) is 3.31. The summed E-state index contributed by atoms with van der Waals surface area (Å²) in [5.41, 5.74) is 5.74. The van der Waals surface area contributed by atoms with E-state index >= 15 is 0 Å². The molecule has 9 heteroatoms. The average molecular weight is 465 g/mol. The number of carboxylic acids is 1. The third kappa shape index (κ3) is 5.61. The van der Waals surface area contributed by atoms with Gasteiger partial charge in [0.1, 0.15) is 5.71 Å². The Morgan fingerprint density at radius 2 is 1.88 bits per heavy atom. The maximum atomic E-state index is 11.6. The molecule has 0 spiro atoms. The van der Waals surface area contributed by atoms with Gasteiger partial charge in [-0.15, -0.1) is 11.3 Å². The molecule has 0 saturated heterocycles. The molecule has 1 saturated carbocycles. The molecule has 1 fully saturated rings. The molecule has 170 valence electrons. The zero-order valence-electron chi connectivity index (χ0n) is 17.9. The van der Waals surface area contributed by atoms with Crippen LogP contribution in [0.25, 0.3) is 11.3 Å². The molecule has 1 aliphatic rings. The Bertz CT molecular complexity index is 1170. The summed E-state index contributed by atoms with van der Waals surface area (Å²) in [4.78, 5) is 26.8. The first-order valence-electron chi connectivity index (χ1n) is 10.9. The van der Waals surface area contributed by atoms with Crippen LogP contribution in [0.2, 0.25) is 0 Å². The predicted molar refractivity (Wildman–Crippen MR) is 129 cm³/mol. The first kappa shape index (κ1) is 22.6. The number of carbonyl (C=O) groups is 1. The van der Waals surface area contributed by atoms with Crippen molar-refractivity contribution in [3.8, 4) is 11.3 Å². The molecule has 0 aliphatic heterocycles. The Morgan fingerprint density at radius 1 is 1.15 bits per heavy atom. The van der Waals surface area contributed by atoms with Gasteiger partial charge in [0, 0.05) is 29.0 Å². The number of rotatable bonds is 8. The lowest BCUT2D eigenvalue weighted by Gasteiger charge is -2.22. The number of hydrazone groups is 1. The summed E-state index contributed by atoms with van der Waals surface area (Å²) in [7, 11) is 0. The number of nitrogens with one attached hydrogen (secondary N) is 1. The van der Waals surface area contributed by atoms with Crippen LogP contribution in [0.5, 0.6) is 0 Å². The predicted octanol–water partition coefficient (Wildman–Crippen LogP) is 5.86. The number of hydrogen-bond acceptors (Lipinski definition) is 7. The smallest absolute Gasteiger partial charge is 0.352 e. The fourth-order valence-corrected chi connectivity index (χ4v) is 4.78. The van der Waals surface area contributed by atoms with Gasteiger partial charge < -0.3 is 5.11 Å². The Morgan fingerprint density at radius 3 is 2.58 bits per heavy atom. The number of nitrogens with zero attached hydrogens (tertiary/aromatic N) is 3. The summed E-state index contributed by atoms with van der Waals surface area (Å²) in [5.74, 6) is -0.611. The summed E-state index contributed by atoms with van der Waals surface area (Å²) in [6.45, 7) is 0. The minimum Gasteiger partial charge on any atom is -0.477 e. The van der Waals surface area contributed by atoms with Crippen molar-refractivity contribution in [3.05, 3.63) is 75.2 Å². The molecule has 33 heavy (non-hydrogen) atoms. The van der Waals surface area contributed by atoms with Crippen molar-refractivity contribution in [1.29, 1.82) is 0 Å². The molecule has 0 unspecified atom stereocenters. The lowest BCUT2D eigenvalue weighted by atomic mass is 9.84. The number of nitro groups is 1. The van der Waals surface area contributed by atoms with Gasteiger partial charge in [-0.05, 0) is 24.3 Å². The van der Waals surface area contributed by atoms with Gasteiger partial charge in [-0.1, -0.05) is 61.7 Å². The number of nitro benzene ring substituents is 1. The number of benzene rings is 2. The van der Waals surface area contributed by atoms with Gasteiger partial charge in [0.05, 0.1) is 10.6 Å². The number of aliphatic carboxylic acids is 1. The van der Waals surface area contributed by atoms with E-state index in [1.54, 1.807) is 6.07 Å². The Balaban J connectivity index is 1.45. The second kappa shape index (κ2) is 10.4. The lowest BCUT2D eigenvalue weighted by Crippen LogP contribution is -2.18. The topological polar surface area (TPSA) is 118 Å². The molecule has 1 aliphatic carbocycles. The van der Waals surface area contributed by atoms with Gasteiger partial charge in [-0.3, -0.25) is 15.5 Å². The molecule has 0 amide bonds. The van der Waals surface area contributed by atoms with Gasteiger partial charge in [0.25, 0.3) is 5.69 Å². The number of anilines is 1. The van der Waals surface area contributed by atoms with Gasteiger partial charge in [-0.25, -0.2) is 9.78 Å². The lowest BCUT2D eigenvalue weighted by molar-refractivity contribution is -0.385. The van der Waals surface area contributed by atoms with Crippen LogP contribution in [0, 0.1) is 10.1 Å². The molecular formula is C24H24N4O4S. The second-order valence-corrected chi connectivity index (χ2v) is 8.89. The van der Waals surface area contributed by atoms with E-state index in [1.165, 1.54) is 67.2 Å². The van der Waals surface area contributed by atoms with Crippen molar-refractivity contribution >= 4 is 33.8 Å². The first-order valence-corrected chi connectivity index (χ1v) is 11.7. The minimum absolute atomic E-state index is 0.139. The third-order valence-corrected chi connectivity index (χ3v) is 6.61. The first-order chi connectivity index (χ1) is 16.0. The minimum atomic E-state index is -1.25. The van der Waals surface area contributed by atoms with Crippen molar-refractivity contribution in [1.82, 2.24) is 4.98 Å². The van der Waals surface area contributed by atoms with Gasteiger partial charge in [0.2, 0.25) is 5.13 Å². The number of aromatic nitrogens is 1. The van der Waals surface area contributed by atoms with Crippen LogP contribution in [0.15, 0.2) is 59.0 Å². The normalized spacial score (nSPS) is 14.7. The van der Waals surface area contributed by atoms with Crippen LogP contribution < -0.4 is 5.43 Å². The highest BCUT2D eigenvalue weighted by Gasteiger charge is 2.19. The molecule has 0 bridgehead atoms. The third-order valence-electron chi connectivity index (χ3n) is 5.87. The summed E-state index contributed by atoms with van der Waals surface area (Å²) in [6, 6.07) is 14.5. The van der Waals surface area contributed by atoms with Crippen LogP contribution >= 0.6 is 11.3 Å². The van der Waals surface area contributed by atoms with E-state index in [0.29, 0.717) is 11.0 Å². The van der Waals surface area contributed by atoms with E-state index in [0.717, 1.165) is 11.3 Å². The quantitative estimate of drug-likeness (QED) is 0.245. The number of carboxylic acid groups (broad SMARTS) is 1. The second-order valence-electron chi connectivity index (χ2n) is 8.03. The Labute approximate surface area is 195 Å². The monoisotopic (exact) mass is 464 g/mol. The van der Waals surface area contributed by atoms with E-state index in [1.807, 2.05) is 5.38 Å². The number of thiazole rings is 1. The molecule has 2 N–H and O–H groups in total. The Kier molecular flexibility index (Phi) is 7.09. The van der Waals surface area contributed by atoms with Crippen LogP contribution in [0.4, 0.5) is 10.8 Å². The molecule has 4 rings (SSSR count). The van der Waals surface area contributed by atoms with E-state index in [2.05, 4.69) is 39.8 Å². The molecule has 3 aromatic rings. The van der Waals surface area contributed by atoms with Crippen molar-refractivity contribution in [2.24, 2.45) is 5.10 Å². The molecule has 0 radical (unpaired) electrons. The highest BCUT2D eigenvalue weighted by atomic mass is 32.1. The molecule has 8 nitrogen and oxygen atoms in total. The highest BCUT2D eigenvalue weighted by Crippen LogP contribution is 2.34. The van der Waals surface area contributed by atoms with Crippen LogP contribution in [0.1, 0.15) is 49.1 Å². The van der Waals surface area contributed by atoms with Gasteiger partial charge in [0.15, 0.2) is 0 Å². The summed E-state index contributed by atoms with van der Waals surface area (Å²) in [5, 5.41) is 27.0. The molecule has 0 atom stereocenters. The highest BCUT2D eigenvalue weighted by molar-refractivity contribution is 7.14. The largest absolute Gasteiger partial charge is 0.477 e. The maximum Gasteiger partial charge on any atom is 0.352 e. The van der Waals surface area contributed by atoms with E-state index in [9.17, 15) is 20.0 Å². The molecular weight excluding hydrogens is 440 g/mol. The fourth-order valence-electron chi connectivity index (χ4n) is 4.12.